The number of carbonyl (C=O) groups is 4. The third kappa shape index (κ3) is 4.21. The summed E-state index contributed by atoms with van der Waals surface area (Å²) in [5.41, 5.74) is -4.63. The molecule has 0 aromatic heterocycles. The minimum absolute atomic E-state index is 0.0710. The van der Waals surface area contributed by atoms with E-state index in [4.69, 9.17) is 4.74 Å². The Balaban J connectivity index is 1.69. The Kier molecular flexibility index (Phi) is 5.96. The monoisotopic (exact) mass is 446 g/mol. The Morgan fingerprint density at radius 3 is 2.13 bits per heavy atom. The molecule has 4 aliphatic rings. The van der Waals surface area contributed by atoms with Crippen LogP contribution in [0.3, 0.4) is 0 Å². The molecule has 0 radical (unpaired) electrons. The van der Waals surface area contributed by atoms with E-state index in [1.165, 1.54) is 6.92 Å². The summed E-state index contributed by atoms with van der Waals surface area (Å²) in [6.45, 7) is 4.05. The first-order chi connectivity index (χ1) is 14.3. The Morgan fingerprint density at radius 1 is 1.06 bits per heavy atom. The van der Waals surface area contributed by atoms with Gasteiger partial charge < -0.3 is 14.2 Å². The molecule has 172 valence electrons. The van der Waals surface area contributed by atoms with Gasteiger partial charge in [-0.3, -0.25) is 9.59 Å². The molecule has 3 unspecified atom stereocenters. The van der Waals surface area contributed by atoms with Crippen LogP contribution >= 0.6 is 0 Å². The van der Waals surface area contributed by atoms with Crippen LogP contribution in [0.1, 0.15) is 46.0 Å². The standard InChI is InChI=1S/C21H25F3O7/c1-11(2)16(26)29-4-5-30-17(27)19(3,21(22,23)24)31-18(28)20-8-12-6-13(9-20)15(25)14(7-12)10-20/h12-14H,1,4-10H2,2-3H3. The Bertz CT molecular complexity index is 800. The van der Waals surface area contributed by atoms with Gasteiger partial charge in [-0.25, -0.2) is 9.59 Å². The number of esters is 3. The Labute approximate surface area is 177 Å². The van der Waals surface area contributed by atoms with Crippen molar-refractivity contribution in [1.29, 1.82) is 0 Å². The second-order valence-corrected chi connectivity index (χ2v) is 9.00. The van der Waals surface area contributed by atoms with E-state index in [0.29, 0.717) is 26.2 Å². The molecule has 0 spiro atoms. The summed E-state index contributed by atoms with van der Waals surface area (Å²) < 4.78 is 55.4. The Morgan fingerprint density at radius 2 is 1.61 bits per heavy atom. The van der Waals surface area contributed by atoms with Gasteiger partial charge in [0, 0.05) is 17.4 Å². The predicted molar refractivity (Wildman–Crippen MR) is 98.3 cm³/mol. The smallest absolute Gasteiger partial charge is 0.439 e. The minimum atomic E-state index is -5.23. The van der Waals surface area contributed by atoms with E-state index in [1.54, 1.807) is 0 Å². The van der Waals surface area contributed by atoms with Gasteiger partial charge >= 0.3 is 24.1 Å². The molecule has 0 aliphatic heterocycles. The minimum Gasteiger partial charge on any atom is -0.459 e. The van der Waals surface area contributed by atoms with Crippen molar-refractivity contribution in [2.75, 3.05) is 13.2 Å². The zero-order valence-electron chi connectivity index (χ0n) is 17.4. The molecule has 4 rings (SSSR count). The molecule has 0 N–H and O–H groups in total. The van der Waals surface area contributed by atoms with Crippen molar-refractivity contribution in [3.8, 4) is 0 Å². The number of hydrogen-bond acceptors (Lipinski definition) is 7. The number of Topliss-reactive ketones (excluding diaryl/α,β-unsaturated/α-hetero) is 1. The lowest BCUT2D eigenvalue weighted by Gasteiger charge is -2.54. The van der Waals surface area contributed by atoms with Crippen molar-refractivity contribution >= 4 is 23.7 Å². The normalized spacial score (nSPS) is 31.0. The molecule has 4 bridgehead atoms. The largest absolute Gasteiger partial charge is 0.459 e. The van der Waals surface area contributed by atoms with Gasteiger partial charge in [0.25, 0.3) is 5.60 Å². The third-order valence-corrected chi connectivity index (χ3v) is 6.55. The van der Waals surface area contributed by atoms with E-state index in [2.05, 4.69) is 16.1 Å². The number of halogens is 3. The third-order valence-electron chi connectivity index (χ3n) is 6.55. The number of rotatable bonds is 7. The van der Waals surface area contributed by atoms with Gasteiger partial charge in [0.15, 0.2) is 0 Å². The van der Waals surface area contributed by atoms with Crippen molar-refractivity contribution in [3.05, 3.63) is 12.2 Å². The summed E-state index contributed by atoms with van der Waals surface area (Å²) >= 11 is 0. The summed E-state index contributed by atoms with van der Waals surface area (Å²) in [6.07, 6.45) is -3.29. The van der Waals surface area contributed by atoms with Crippen LogP contribution in [-0.2, 0) is 33.4 Å². The lowest BCUT2D eigenvalue weighted by Crippen LogP contribution is -2.59. The first kappa shape index (κ1) is 23.3. The highest BCUT2D eigenvalue weighted by atomic mass is 19.4. The number of hydrogen-bond donors (Lipinski definition) is 0. The van der Waals surface area contributed by atoms with Crippen LogP contribution in [0.15, 0.2) is 12.2 Å². The quantitative estimate of drug-likeness (QED) is 0.257. The van der Waals surface area contributed by atoms with E-state index >= 15 is 0 Å². The van der Waals surface area contributed by atoms with Crippen molar-refractivity contribution in [1.82, 2.24) is 0 Å². The van der Waals surface area contributed by atoms with Gasteiger partial charge in [0.05, 0.1) is 5.41 Å². The maximum atomic E-state index is 13.8. The predicted octanol–water partition coefficient (Wildman–Crippen LogP) is 2.91. The highest BCUT2D eigenvalue weighted by molar-refractivity contribution is 5.91. The fourth-order valence-electron chi connectivity index (χ4n) is 5.04. The number of ketones is 1. The van der Waals surface area contributed by atoms with Gasteiger partial charge in [0.2, 0.25) is 0 Å². The molecule has 31 heavy (non-hydrogen) atoms. The summed E-state index contributed by atoms with van der Waals surface area (Å²) in [4.78, 5) is 48.8. The van der Waals surface area contributed by atoms with Gasteiger partial charge in [-0.1, -0.05) is 6.58 Å². The molecule has 0 aromatic carbocycles. The molecule has 3 atom stereocenters. The van der Waals surface area contributed by atoms with Crippen molar-refractivity contribution in [2.24, 2.45) is 23.2 Å². The number of ether oxygens (including phenoxy) is 3. The molecule has 4 saturated carbocycles. The van der Waals surface area contributed by atoms with Crippen LogP contribution < -0.4 is 0 Å². The summed E-state index contributed by atoms with van der Waals surface area (Å²) in [7, 11) is 0. The molecular weight excluding hydrogens is 421 g/mol. The molecular formula is C21H25F3O7. The zero-order valence-corrected chi connectivity index (χ0v) is 17.4. The topological polar surface area (TPSA) is 96.0 Å². The van der Waals surface area contributed by atoms with E-state index in [9.17, 15) is 32.3 Å². The van der Waals surface area contributed by atoms with E-state index in [0.717, 1.165) is 0 Å². The van der Waals surface area contributed by atoms with Crippen molar-refractivity contribution < 1.29 is 46.6 Å². The first-order valence-electron chi connectivity index (χ1n) is 10.1. The average Bonchev–Trinajstić information content (AvgIpc) is 2.67. The molecule has 0 heterocycles. The summed E-state index contributed by atoms with van der Waals surface area (Å²) in [5, 5.41) is 0. The van der Waals surface area contributed by atoms with Crippen molar-refractivity contribution in [2.45, 2.75) is 57.7 Å². The highest BCUT2D eigenvalue weighted by Crippen LogP contribution is 2.59. The van der Waals surface area contributed by atoms with Crippen LogP contribution in [0.2, 0.25) is 0 Å². The fraction of sp³-hybridized carbons (Fsp3) is 0.714. The molecule has 0 saturated heterocycles. The lowest BCUT2D eigenvalue weighted by molar-refractivity contribution is -0.271. The van der Waals surface area contributed by atoms with Crippen LogP contribution in [0.4, 0.5) is 13.2 Å². The molecule has 0 amide bonds. The molecule has 0 aromatic rings. The maximum Gasteiger partial charge on any atom is 0.439 e. The maximum absolute atomic E-state index is 13.8. The highest BCUT2D eigenvalue weighted by Gasteiger charge is 2.65. The summed E-state index contributed by atoms with van der Waals surface area (Å²) in [6, 6.07) is 0. The van der Waals surface area contributed by atoms with Gasteiger partial charge in [-0.05, 0) is 51.9 Å². The van der Waals surface area contributed by atoms with Crippen LogP contribution in [0.25, 0.3) is 0 Å². The van der Waals surface area contributed by atoms with Crippen LogP contribution in [0.5, 0.6) is 0 Å². The SMILES string of the molecule is C=C(C)C(=O)OCCOC(=O)C(C)(OC(=O)C12CC3CC(C1)C(=O)C(C3)C2)C(F)(F)F. The van der Waals surface area contributed by atoms with Crippen LogP contribution in [0, 0.1) is 23.2 Å². The van der Waals surface area contributed by atoms with E-state index in [-0.39, 0.29) is 42.0 Å². The van der Waals surface area contributed by atoms with Gasteiger partial charge in [-0.15, -0.1) is 0 Å². The zero-order chi connectivity index (χ0) is 23.2. The molecule has 7 nitrogen and oxygen atoms in total. The first-order valence-corrected chi connectivity index (χ1v) is 10.1. The lowest BCUT2D eigenvalue weighted by atomic mass is 9.49. The van der Waals surface area contributed by atoms with Gasteiger partial charge in [0.1, 0.15) is 19.0 Å². The molecule has 4 aliphatic carbocycles. The fourth-order valence-corrected chi connectivity index (χ4v) is 5.04. The van der Waals surface area contributed by atoms with E-state index < -0.39 is 48.3 Å². The van der Waals surface area contributed by atoms with E-state index in [1.807, 2.05) is 0 Å². The summed E-state index contributed by atoms with van der Waals surface area (Å²) in [5.74, 6) is -4.23. The van der Waals surface area contributed by atoms with Crippen molar-refractivity contribution in [3.63, 3.8) is 0 Å². The molecule has 4 fully saturated rings. The number of carbonyl (C=O) groups excluding carboxylic acids is 4. The second-order valence-electron chi connectivity index (χ2n) is 9.00. The molecule has 10 heteroatoms. The second kappa shape index (κ2) is 7.94. The van der Waals surface area contributed by atoms with Gasteiger partial charge in [-0.2, -0.15) is 13.2 Å². The number of alkyl halides is 3. The van der Waals surface area contributed by atoms with Crippen LogP contribution in [-0.4, -0.2) is 48.7 Å². The Hall–Kier alpha value is -2.39. The average molecular weight is 446 g/mol.